The molecular formula is C7H16O3. The van der Waals surface area contributed by atoms with Gasteiger partial charge < -0.3 is 14.9 Å². The number of rotatable bonds is 4. The van der Waals surface area contributed by atoms with Crippen LogP contribution in [0.25, 0.3) is 0 Å². The monoisotopic (exact) mass is 148 g/mol. The van der Waals surface area contributed by atoms with E-state index < -0.39 is 11.7 Å². The predicted molar refractivity (Wildman–Crippen MR) is 38.8 cm³/mol. The number of hydrogen-bond acceptors (Lipinski definition) is 3. The van der Waals surface area contributed by atoms with Gasteiger partial charge in [0.1, 0.15) is 6.10 Å². The van der Waals surface area contributed by atoms with Crippen LogP contribution in [0.3, 0.4) is 0 Å². The molecule has 0 radical (unpaired) electrons. The smallest absolute Gasteiger partial charge is 0.105 e. The number of aliphatic hydroxyl groups is 2. The Kier molecular flexibility index (Phi) is 3.86. The quantitative estimate of drug-likeness (QED) is 0.597. The average molecular weight is 148 g/mol. The van der Waals surface area contributed by atoms with Crippen molar-refractivity contribution in [1.82, 2.24) is 0 Å². The third-order valence-corrected chi connectivity index (χ3v) is 1.30. The van der Waals surface area contributed by atoms with Crippen molar-refractivity contribution in [2.45, 2.75) is 32.5 Å². The van der Waals surface area contributed by atoms with Crippen molar-refractivity contribution >= 4 is 0 Å². The summed E-state index contributed by atoms with van der Waals surface area (Å²) in [6, 6.07) is 0. The van der Waals surface area contributed by atoms with Gasteiger partial charge in [0.05, 0.1) is 12.2 Å². The molecule has 62 valence electrons. The molecule has 3 nitrogen and oxygen atoms in total. The molecule has 0 spiro atoms. The molecule has 10 heavy (non-hydrogen) atoms. The fourth-order valence-corrected chi connectivity index (χ4v) is 0.433. The first-order valence-electron chi connectivity index (χ1n) is 3.46. The third kappa shape index (κ3) is 3.82. The SMILES string of the molecule is CCOCC(O)C(C)(C)O. The lowest BCUT2D eigenvalue weighted by atomic mass is 10.0. The first-order chi connectivity index (χ1) is 4.48. The van der Waals surface area contributed by atoms with Crippen molar-refractivity contribution in [2.75, 3.05) is 13.2 Å². The summed E-state index contributed by atoms with van der Waals surface area (Å²) in [6.07, 6.45) is -0.799. The lowest BCUT2D eigenvalue weighted by molar-refractivity contribution is -0.0841. The zero-order chi connectivity index (χ0) is 8.20. The molecular weight excluding hydrogens is 132 g/mol. The minimum absolute atomic E-state index is 0.194. The minimum Gasteiger partial charge on any atom is -0.388 e. The van der Waals surface area contributed by atoms with E-state index in [1.807, 2.05) is 6.92 Å². The molecule has 0 amide bonds. The third-order valence-electron chi connectivity index (χ3n) is 1.30. The van der Waals surface area contributed by atoms with Gasteiger partial charge in [-0.25, -0.2) is 0 Å². The van der Waals surface area contributed by atoms with Crippen LogP contribution in [0, 0.1) is 0 Å². The molecule has 1 unspecified atom stereocenters. The molecule has 0 bridgehead atoms. The Morgan fingerprint density at radius 1 is 1.50 bits per heavy atom. The number of hydrogen-bond donors (Lipinski definition) is 2. The zero-order valence-corrected chi connectivity index (χ0v) is 6.79. The van der Waals surface area contributed by atoms with E-state index in [4.69, 9.17) is 9.84 Å². The maximum absolute atomic E-state index is 9.18. The first kappa shape index (κ1) is 9.88. The van der Waals surface area contributed by atoms with E-state index in [0.29, 0.717) is 6.61 Å². The highest BCUT2D eigenvalue weighted by Crippen LogP contribution is 2.07. The molecule has 0 aliphatic carbocycles. The van der Waals surface area contributed by atoms with Crippen LogP contribution in [0.2, 0.25) is 0 Å². The first-order valence-corrected chi connectivity index (χ1v) is 3.46. The summed E-state index contributed by atoms with van der Waals surface area (Å²) >= 11 is 0. The summed E-state index contributed by atoms with van der Waals surface area (Å²) in [7, 11) is 0. The van der Waals surface area contributed by atoms with Crippen LogP contribution in [-0.4, -0.2) is 35.1 Å². The maximum Gasteiger partial charge on any atom is 0.105 e. The van der Waals surface area contributed by atoms with Crippen molar-refractivity contribution in [3.05, 3.63) is 0 Å². The van der Waals surface area contributed by atoms with Gasteiger partial charge in [0.25, 0.3) is 0 Å². The molecule has 0 aliphatic heterocycles. The highest BCUT2D eigenvalue weighted by molar-refractivity contribution is 4.75. The van der Waals surface area contributed by atoms with Gasteiger partial charge >= 0.3 is 0 Å². The second-order valence-electron chi connectivity index (χ2n) is 2.83. The largest absolute Gasteiger partial charge is 0.388 e. The van der Waals surface area contributed by atoms with Gasteiger partial charge in [0.2, 0.25) is 0 Å². The molecule has 0 aromatic heterocycles. The van der Waals surface area contributed by atoms with Crippen LogP contribution in [0.1, 0.15) is 20.8 Å². The van der Waals surface area contributed by atoms with Crippen molar-refractivity contribution in [2.24, 2.45) is 0 Å². The molecule has 2 N–H and O–H groups in total. The Morgan fingerprint density at radius 2 is 2.00 bits per heavy atom. The van der Waals surface area contributed by atoms with Gasteiger partial charge in [0.15, 0.2) is 0 Å². The normalized spacial score (nSPS) is 15.3. The average Bonchev–Trinajstić information content (AvgIpc) is 1.80. The van der Waals surface area contributed by atoms with Gasteiger partial charge in [-0.05, 0) is 20.8 Å². The van der Waals surface area contributed by atoms with Gasteiger partial charge in [0, 0.05) is 6.61 Å². The van der Waals surface area contributed by atoms with E-state index in [2.05, 4.69) is 0 Å². The second-order valence-corrected chi connectivity index (χ2v) is 2.83. The molecule has 0 aromatic carbocycles. The van der Waals surface area contributed by atoms with Gasteiger partial charge in [-0.1, -0.05) is 0 Å². The van der Waals surface area contributed by atoms with E-state index in [1.165, 1.54) is 0 Å². The molecule has 0 heterocycles. The van der Waals surface area contributed by atoms with E-state index in [9.17, 15) is 5.11 Å². The molecule has 0 rings (SSSR count). The maximum atomic E-state index is 9.18. The summed E-state index contributed by atoms with van der Waals surface area (Å²) in [4.78, 5) is 0. The Bertz CT molecular complexity index is 85.3. The molecule has 0 saturated heterocycles. The van der Waals surface area contributed by atoms with E-state index in [0.717, 1.165) is 0 Å². The molecule has 0 aromatic rings. The summed E-state index contributed by atoms with van der Waals surface area (Å²) < 4.78 is 4.91. The van der Waals surface area contributed by atoms with Crippen LogP contribution in [0.5, 0.6) is 0 Å². The Balaban J connectivity index is 3.52. The van der Waals surface area contributed by atoms with Crippen LogP contribution in [-0.2, 0) is 4.74 Å². The lowest BCUT2D eigenvalue weighted by Crippen LogP contribution is -2.39. The predicted octanol–water partition coefficient (Wildman–Crippen LogP) is 0.155. The second kappa shape index (κ2) is 3.91. The van der Waals surface area contributed by atoms with E-state index in [1.54, 1.807) is 13.8 Å². The van der Waals surface area contributed by atoms with Gasteiger partial charge in [-0.3, -0.25) is 0 Å². The topological polar surface area (TPSA) is 49.7 Å². The zero-order valence-electron chi connectivity index (χ0n) is 6.79. The standard InChI is InChI=1S/C7H16O3/c1-4-10-5-6(8)7(2,3)9/h6,8-9H,4-5H2,1-3H3. The summed E-state index contributed by atoms with van der Waals surface area (Å²) in [5.41, 5.74) is -1.06. The van der Waals surface area contributed by atoms with Gasteiger partial charge in [-0.2, -0.15) is 0 Å². The molecule has 0 fully saturated rings. The Morgan fingerprint density at radius 3 is 2.30 bits per heavy atom. The Hall–Kier alpha value is -0.120. The fourth-order valence-electron chi connectivity index (χ4n) is 0.433. The highest BCUT2D eigenvalue weighted by Gasteiger charge is 2.23. The Labute approximate surface area is 61.6 Å². The van der Waals surface area contributed by atoms with E-state index in [-0.39, 0.29) is 6.61 Å². The fraction of sp³-hybridized carbons (Fsp3) is 1.00. The van der Waals surface area contributed by atoms with Crippen LogP contribution in [0.15, 0.2) is 0 Å². The van der Waals surface area contributed by atoms with Crippen molar-refractivity contribution in [3.63, 3.8) is 0 Å². The number of ether oxygens (including phenoxy) is 1. The summed E-state index contributed by atoms with van der Waals surface area (Å²) in [6.45, 7) is 5.71. The molecule has 0 saturated carbocycles. The van der Waals surface area contributed by atoms with Crippen LogP contribution in [0.4, 0.5) is 0 Å². The highest BCUT2D eigenvalue weighted by atomic mass is 16.5. The van der Waals surface area contributed by atoms with Crippen LogP contribution < -0.4 is 0 Å². The van der Waals surface area contributed by atoms with Crippen molar-refractivity contribution in [3.8, 4) is 0 Å². The van der Waals surface area contributed by atoms with Crippen molar-refractivity contribution < 1.29 is 14.9 Å². The van der Waals surface area contributed by atoms with Gasteiger partial charge in [-0.15, -0.1) is 0 Å². The van der Waals surface area contributed by atoms with Crippen LogP contribution >= 0.6 is 0 Å². The molecule has 1 atom stereocenters. The molecule has 3 heteroatoms. The van der Waals surface area contributed by atoms with E-state index >= 15 is 0 Å². The summed E-state index contributed by atoms with van der Waals surface area (Å²) in [5, 5.41) is 18.3. The molecule has 0 aliphatic rings. The summed E-state index contributed by atoms with van der Waals surface area (Å²) in [5.74, 6) is 0. The minimum atomic E-state index is -1.06. The lowest BCUT2D eigenvalue weighted by Gasteiger charge is -2.23. The number of aliphatic hydroxyl groups excluding tert-OH is 1. The van der Waals surface area contributed by atoms with Crippen molar-refractivity contribution in [1.29, 1.82) is 0 Å².